The summed E-state index contributed by atoms with van der Waals surface area (Å²) in [4.78, 5) is 20.3. The minimum Gasteiger partial charge on any atom is -0.337 e. The molecule has 0 aliphatic rings. The standard InChI is InChI=1S/C18H11F3N4O2/c19-18(20,21)12-5-3-4-11(8-12)17-23-15(27-24-17)10-25-14-7-2-1-6-13(14)22-9-16(25)26/h1-9H,10H2. The Morgan fingerprint density at radius 1 is 1.07 bits per heavy atom. The van der Waals surface area contributed by atoms with Gasteiger partial charge in [-0.2, -0.15) is 18.2 Å². The van der Waals surface area contributed by atoms with E-state index in [1.165, 1.54) is 22.9 Å². The topological polar surface area (TPSA) is 73.8 Å². The van der Waals surface area contributed by atoms with Crippen LogP contribution in [0, 0.1) is 0 Å². The maximum absolute atomic E-state index is 12.9. The van der Waals surface area contributed by atoms with E-state index in [1.54, 1.807) is 24.3 Å². The number of para-hydroxylation sites is 2. The van der Waals surface area contributed by atoms with E-state index in [0.29, 0.717) is 11.0 Å². The Labute approximate surface area is 149 Å². The first kappa shape index (κ1) is 17.0. The maximum atomic E-state index is 12.9. The molecule has 0 N–H and O–H groups in total. The van der Waals surface area contributed by atoms with Crippen molar-refractivity contribution in [2.24, 2.45) is 0 Å². The van der Waals surface area contributed by atoms with Crippen LogP contribution in [0.4, 0.5) is 13.2 Å². The molecule has 0 aliphatic carbocycles. The van der Waals surface area contributed by atoms with Crippen LogP contribution in [0.15, 0.2) is 64.0 Å². The van der Waals surface area contributed by atoms with E-state index in [0.717, 1.165) is 12.1 Å². The summed E-state index contributed by atoms with van der Waals surface area (Å²) in [5.74, 6) is 0.114. The van der Waals surface area contributed by atoms with Gasteiger partial charge in [0.1, 0.15) is 6.54 Å². The number of hydrogen-bond acceptors (Lipinski definition) is 5. The molecule has 0 saturated heterocycles. The van der Waals surface area contributed by atoms with E-state index in [-0.39, 0.29) is 29.4 Å². The van der Waals surface area contributed by atoms with E-state index >= 15 is 0 Å². The molecule has 6 nitrogen and oxygen atoms in total. The molecule has 0 radical (unpaired) electrons. The molecule has 0 bridgehead atoms. The van der Waals surface area contributed by atoms with E-state index in [9.17, 15) is 18.0 Å². The average molecular weight is 372 g/mol. The highest BCUT2D eigenvalue weighted by atomic mass is 19.4. The molecule has 0 aliphatic heterocycles. The number of nitrogens with zero attached hydrogens (tertiary/aromatic N) is 4. The van der Waals surface area contributed by atoms with Gasteiger partial charge in [0.25, 0.3) is 5.56 Å². The second-order valence-electron chi connectivity index (χ2n) is 5.76. The molecular weight excluding hydrogens is 361 g/mol. The van der Waals surface area contributed by atoms with Gasteiger partial charge < -0.3 is 4.52 Å². The van der Waals surface area contributed by atoms with Gasteiger partial charge in [-0.3, -0.25) is 9.36 Å². The van der Waals surface area contributed by atoms with Gasteiger partial charge in [-0.05, 0) is 24.3 Å². The Morgan fingerprint density at radius 3 is 2.70 bits per heavy atom. The quantitative estimate of drug-likeness (QED) is 0.550. The summed E-state index contributed by atoms with van der Waals surface area (Å²) >= 11 is 0. The van der Waals surface area contributed by atoms with E-state index < -0.39 is 11.7 Å². The lowest BCUT2D eigenvalue weighted by atomic mass is 10.1. The van der Waals surface area contributed by atoms with Crippen LogP contribution >= 0.6 is 0 Å². The number of fused-ring (bicyclic) bond motifs is 1. The molecule has 0 amide bonds. The highest BCUT2D eigenvalue weighted by molar-refractivity contribution is 5.74. The summed E-state index contributed by atoms with van der Waals surface area (Å²) < 4.78 is 45.1. The highest BCUT2D eigenvalue weighted by Gasteiger charge is 2.30. The Hall–Kier alpha value is -3.49. The van der Waals surface area contributed by atoms with E-state index in [2.05, 4.69) is 15.1 Å². The first-order chi connectivity index (χ1) is 12.9. The lowest BCUT2D eigenvalue weighted by Crippen LogP contribution is -2.21. The predicted molar refractivity (Wildman–Crippen MR) is 89.8 cm³/mol. The van der Waals surface area contributed by atoms with Crippen LogP contribution in [0.25, 0.3) is 22.4 Å². The minimum absolute atomic E-state index is 0.0162. The molecule has 0 unspecified atom stereocenters. The molecule has 2 aromatic carbocycles. The Balaban J connectivity index is 1.69. The Bertz CT molecular complexity index is 1180. The van der Waals surface area contributed by atoms with Crippen LogP contribution in [-0.4, -0.2) is 19.7 Å². The number of benzene rings is 2. The molecule has 27 heavy (non-hydrogen) atoms. The van der Waals surface area contributed by atoms with Gasteiger partial charge in [-0.1, -0.05) is 29.4 Å². The van der Waals surface area contributed by atoms with Crippen LogP contribution in [0.1, 0.15) is 11.5 Å². The van der Waals surface area contributed by atoms with Gasteiger partial charge in [0.15, 0.2) is 0 Å². The SMILES string of the molecule is O=c1cnc2ccccc2n1Cc1nc(-c2cccc(C(F)(F)F)c2)no1. The zero-order valence-electron chi connectivity index (χ0n) is 13.6. The third-order valence-electron chi connectivity index (χ3n) is 3.96. The molecule has 2 heterocycles. The fourth-order valence-corrected chi connectivity index (χ4v) is 2.68. The smallest absolute Gasteiger partial charge is 0.337 e. The Morgan fingerprint density at radius 2 is 1.89 bits per heavy atom. The second kappa shape index (κ2) is 6.35. The lowest BCUT2D eigenvalue weighted by molar-refractivity contribution is -0.137. The summed E-state index contributed by atoms with van der Waals surface area (Å²) in [7, 11) is 0. The normalized spacial score (nSPS) is 11.8. The molecule has 0 atom stereocenters. The molecule has 136 valence electrons. The van der Waals surface area contributed by atoms with Crippen molar-refractivity contribution >= 4 is 11.0 Å². The van der Waals surface area contributed by atoms with Crippen molar-refractivity contribution < 1.29 is 17.7 Å². The van der Waals surface area contributed by atoms with Crippen molar-refractivity contribution in [3.63, 3.8) is 0 Å². The zero-order chi connectivity index (χ0) is 19.0. The Kier molecular flexibility index (Phi) is 3.98. The fraction of sp³-hybridized carbons (Fsp3) is 0.111. The van der Waals surface area contributed by atoms with Crippen LogP contribution in [0.3, 0.4) is 0 Å². The highest BCUT2D eigenvalue weighted by Crippen LogP contribution is 2.31. The second-order valence-corrected chi connectivity index (χ2v) is 5.76. The minimum atomic E-state index is -4.47. The molecule has 2 aromatic heterocycles. The monoisotopic (exact) mass is 372 g/mol. The molecule has 9 heteroatoms. The van der Waals surface area contributed by atoms with Crippen molar-refractivity contribution in [1.82, 2.24) is 19.7 Å². The summed E-state index contributed by atoms with van der Waals surface area (Å²) in [6, 6.07) is 11.7. The zero-order valence-corrected chi connectivity index (χ0v) is 13.6. The number of alkyl halides is 3. The van der Waals surface area contributed by atoms with Gasteiger partial charge in [0.2, 0.25) is 11.7 Å². The van der Waals surface area contributed by atoms with Crippen LogP contribution in [0.5, 0.6) is 0 Å². The number of rotatable bonds is 3. The average Bonchev–Trinajstić information content (AvgIpc) is 3.12. The van der Waals surface area contributed by atoms with Gasteiger partial charge in [0, 0.05) is 5.56 Å². The first-order valence-corrected chi connectivity index (χ1v) is 7.86. The maximum Gasteiger partial charge on any atom is 0.416 e. The van der Waals surface area contributed by atoms with Crippen LogP contribution in [-0.2, 0) is 12.7 Å². The largest absolute Gasteiger partial charge is 0.416 e. The van der Waals surface area contributed by atoms with Gasteiger partial charge in [0.05, 0.1) is 22.8 Å². The van der Waals surface area contributed by atoms with Crippen LogP contribution < -0.4 is 5.56 Å². The molecular formula is C18H11F3N4O2. The fourth-order valence-electron chi connectivity index (χ4n) is 2.68. The molecule has 0 spiro atoms. The molecule has 4 rings (SSSR count). The van der Waals surface area contributed by atoms with Crippen molar-refractivity contribution in [2.75, 3.05) is 0 Å². The summed E-state index contributed by atoms with van der Waals surface area (Å²) in [5.41, 5.74) is 0.223. The summed E-state index contributed by atoms with van der Waals surface area (Å²) in [6.07, 6.45) is -3.28. The van der Waals surface area contributed by atoms with Crippen LogP contribution in [0.2, 0.25) is 0 Å². The van der Waals surface area contributed by atoms with Gasteiger partial charge in [-0.25, -0.2) is 4.98 Å². The molecule has 0 fully saturated rings. The van der Waals surface area contributed by atoms with E-state index in [4.69, 9.17) is 4.52 Å². The summed E-state index contributed by atoms with van der Waals surface area (Å²) in [6.45, 7) is -0.0200. The molecule has 4 aromatic rings. The van der Waals surface area contributed by atoms with E-state index in [1.807, 2.05) is 0 Å². The number of hydrogen-bond donors (Lipinski definition) is 0. The third kappa shape index (κ3) is 3.31. The number of halogens is 3. The van der Waals surface area contributed by atoms with Crippen molar-refractivity contribution in [3.05, 3.63) is 76.5 Å². The van der Waals surface area contributed by atoms with Crippen molar-refractivity contribution in [1.29, 1.82) is 0 Å². The van der Waals surface area contributed by atoms with Crippen molar-refractivity contribution in [3.8, 4) is 11.4 Å². The van der Waals surface area contributed by atoms with Gasteiger partial charge in [-0.15, -0.1) is 0 Å². The lowest BCUT2D eigenvalue weighted by Gasteiger charge is -2.06. The molecule has 0 saturated carbocycles. The van der Waals surface area contributed by atoms with Gasteiger partial charge >= 0.3 is 6.18 Å². The predicted octanol–water partition coefficient (Wildman–Crippen LogP) is 3.51. The third-order valence-corrected chi connectivity index (χ3v) is 3.96. The first-order valence-electron chi connectivity index (χ1n) is 7.86. The number of aromatic nitrogens is 4. The van der Waals surface area contributed by atoms with Crippen molar-refractivity contribution in [2.45, 2.75) is 12.7 Å². The summed E-state index contributed by atoms with van der Waals surface area (Å²) in [5, 5.41) is 3.73.